The van der Waals surface area contributed by atoms with Gasteiger partial charge >= 0.3 is 5.97 Å². The lowest BCUT2D eigenvalue weighted by Gasteiger charge is -2.05. The monoisotopic (exact) mass is 397 g/mol. The number of carbonyl (C=O) groups is 2. The Morgan fingerprint density at radius 2 is 2.00 bits per heavy atom. The third-order valence-corrected chi connectivity index (χ3v) is 5.28. The summed E-state index contributed by atoms with van der Waals surface area (Å²) < 4.78 is 6.23. The minimum Gasteiger partial charge on any atom is -0.463 e. The zero-order valence-electron chi connectivity index (χ0n) is 15.7. The largest absolute Gasteiger partial charge is 0.463 e. The Morgan fingerprint density at radius 1 is 1.29 bits per heavy atom. The molecule has 0 aliphatic rings. The van der Waals surface area contributed by atoms with Crippen LogP contribution in [0.5, 0.6) is 0 Å². The molecule has 3 aromatic rings. The quantitative estimate of drug-likeness (QED) is 0.528. The van der Waals surface area contributed by atoms with Crippen LogP contribution in [0.25, 0.3) is 16.3 Å². The molecule has 0 saturated heterocycles. The number of nitrogens with zero attached hydrogens (tertiary/aromatic N) is 2. The summed E-state index contributed by atoms with van der Waals surface area (Å²) in [4.78, 5) is 41.5. The number of rotatable bonds is 5. The lowest BCUT2D eigenvalue weighted by atomic mass is 10.2. The number of hydrogen-bond acceptors (Lipinski definition) is 6. The molecule has 0 aliphatic carbocycles. The third kappa shape index (κ3) is 4.01. The second-order valence-electron chi connectivity index (χ2n) is 6.06. The van der Waals surface area contributed by atoms with E-state index in [-0.39, 0.29) is 11.5 Å². The van der Waals surface area contributed by atoms with Gasteiger partial charge in [-0.25, -0.2) is 9.78 Å². The molecule has 0 atom stereocenters. The van der Waals surface area contributed by atoms with Gasteiger partial charge < -0.3 is 14.6 Å². The number of fused-ring (bicyclic) bond motifs is 1. The first-order chi connectivity index (χ1) is 13.4. The van der Waals surface area contributed by atoms with Crippen molar-refractivity contribution < 1.29 is 14.3 Å². The fraction of sp³-hybridized carbons (Fsp3) is 0.200. The Kier molecular flexibility index (Phi) is 5.70. The predicted octanol–water partition coefficient (Wildman–Crippen LogP) is 3.13. The van der Waals surface area contributed by atoms with E-state index in [1.54, 1.807) is 51.2 Å². The zero-order chi connectivity index (χ0) is 20.3. The number of aryl methyl sites for hydroxylation is 2. The maximum absolute atomic E-state index is 12.7. The van der Waals surface area contributed by atoms with Crippen LogP contribution in [0.4, 0.5) is 5.69 Å². The Balaban J connectivity index is 1.77. The van der Waals surface area contributed by atoms with E-state index in [1.165, 1.54) is 28.3 Å². The summed E-state index contributed by atoms with van der Waals surface area (Å²) in [5.74, 6) is -0.697. The van der Waals surface area contributed by atoms with E-state index in [0.29, 0.717) is 33.0 Å². The summed E-state index contributed by atoms with van der Waals surface area (Å²) in [7, 11) is 1.63. The molecule has 7 nitrogen and oxygen atoms in total. The summed E-state index contributed by atoms with van der Waals surface area (Å²) in [6, 6.07) is 7.03. The Hall–Kier alpha value is -3.26. The molecule has 1 aromatic carbocycles. The van der Waals surface area contributed by atoms with Gasteiger partial charge in [0, 0.05) is 18.8 Å². The van der Waals surface area contributed by atoms with Crippen molar-refractivity contribution in [1.82, 2.24) is 9.55 Å². The number of thiophene rings is 1. The maximum atomic E-state index is 12.7. The molecule has 1 amide bonds. The molecule has 0 unspecified atom stereocenters. The molecule has 0 bridgehead atoms. The van der Waals surface area contributed by atoms with Crippen LogP contribution in [-0.2, 0) is 16.6 Å². The van der Waals surface area contributed by atoms with Crippen LogP contribution < -0.4 is 10.9 Å². The highest BCUT2D eigenvalue weighted by atomic mass is 32.1. The summed E-state index contributed by atoms with van der Waals surface area (Å²) in [5.41, 5.74) is 1.86. The van der Waals surface area contributed by atoms with E-state index < -0.39 is 5.97 Å². The second-order valence-corrected chi connectivity index (χ2v) is 7.06. The highest BCUT2D eigenvalue weighted by Gasteiger charge is 2.19. The highest BCUT2D eigenvalue weighted by Crippen LogP contribution is 2.27. The van der Waals surface area contributed by atoms with E-state index in [0.717, 1.165) is 5.56 Å². The normalized spacial score (nSPS) is 11.1. The first-order valence-corrected chi connectivity index (χ1v) is 9.43. The summed E-state index contributed by atoms with van der Waals surface area (Å²) >= 11 is 1.19. The van der Waals surface area contributed by atoms with Gasteiger partial charge in [-0.3, -0.25) is 9.59 Å². The van der Waals surface area contributed by atoms with Gasteiger partial charge in [0.15, 0.2) is 0 Å². The summed E-state index contributed by atoms with van der Waals surface area (Å²) in [6.45, 7) is 3.82. The molecule has 28 heavy (non-hydrogen) atoms. The molecular formula is C20H19N3O4S. The topological polar surface area (TPSA) is 90.3 Å². The molecule has 144 valence electrons. The minimum atomic E-state index is -0.403. The van der Waals surface area contributed by atoms with E-state index in [9.17, 15) is 14.4 Å². The van der Waals surface area contributed by atoms with Crippen LogP contribution in [0, 0.1) is 6.92 Å². The smallest absolute Gasteiger partial charge is 0.330 e. The number of benzene rings is 1. The van der Waals surface area contributed by atoms with E-state index >= 15 is 0 Å². The van der Waals surface area contributed by atoms with Gasteiger partial charge in [0.05, 0.1) is 23.2 Å². The van der Waals surface area contributed by atoms with Gasteiger partial charge in [-0.2, -0.15) is 0 Å². The van der Waals surface area contributed by atoms with E-state index in [1.807, 2.05) is 0 Å². The number of ether oxygens (including phenoxy) is 1. The molecule has 0 spiro atoms. The summed E-state index contributed by atoms with van der Waals surface area (Å²) in [5, 5.41) is 3.30. The first-order valence-electron chi connectivity index (χ1n) is 8.61. The van der Waals surface area contributed by atoms with E-state index in [4.69, 9.17) is 4.74 Å². The van der Waals surface area contributed by atoms with Gasteiger partial charge in [-0.05, 0) is 43.2 Å². The molecule has 2 aromatic heterocycles. The van der Waals surface area contributed by atoms with Crippen LogP contribution in [0.3, 0.4) is 0 Å². The summed E-state index contributed by atoms with van der Waals surface area (Å²) in [6.07, 6.45) is 4.44. The number of hydrogen-bond donors (Lipinski definition) is 1. The van der Waals surface area contributed by atoms with Crippen LogP contribution in [0.15, 0.2) is 41.5 Å². The molecule has 8 heteroatoms. The van der Waals surface area contributed by atoms with Crippen LogP contribution >= 0.6 is 11.3 Å². The highest BCUT2D eigenvalue weighted by molar-refractivity contribution is 7.20. The van der Waals surface area contributed by atoms with Crippen molar-refractivity contribution in [2.24, 2.45) is 7.05 Å². The fourth-order valence-corrected chi connectivity index (χ4v) is 3.68. The van der Waals surface area contributed by atoms with Gasteiger partial charge in [-0.15, -0.1) is 11.3 Å². The van der Waals surface area contributed by atoms with Crippen LogP contribution in [-0.4, -0.2) is 28.0 Å². The van der Waals surface area contributed by atoms with Crippen molar-refractivity contribution in [2.45, 2.75) is 13.8 Å². The van der Waals surface area contributed by atoms with Crippen molar-refractivity contribution >= 4 is 45.2 Å². The Labute approximate surface area is 165 Å². The van der Waals surface area contributed by atoms with Gasteiger partial charge in [0.2, 0.25) is 0 Å². The molecule has 2 heterocycles. The molecule has 0 fully saturated rings. The van der Waals surface area contributed by atoms with Crippen molar-refractivity contribution in [1.29, 1.82) is 0 Å². The van der Waals surface area contributed by atoms with E-state index in [2.05, 4.69) is 10.3 Å². The average molecular weight is 397 g/mol. The van der Waals surface area contributed by atoms with Crippen molar-refractivity contribution in [2.75, 3.05) is 11.9 Å². The zero-order valence-corrected chi connectivity index (χ0v) is 16.5. The Morgan fingerprint density at radius 3 is 2.68 bits per heavy atom. The molecule has 1 N–H and O–H groups in total. The lowest BCUT2D eigenvalue weighted by Crippen LogP contribution is -2.17. The average Bonchev–Trinajstić information content (AvgIpc) is 3.02. The van der Waals surface area contributed by atoms with Gasteiger partial charge in [0.25, 0.3) is 11.5 Å². The predicted molar refractivity (Wildman–Crippen MR) is 110 cm³/mol. The van der Waals surface area contributed by atoms with Crippen molar-refractivity contribution in [3.8, 4) is 0 Å². The first kappa shape index (κ1) is 19.5. The molecular weight excluding hydrogens is 378 g/mol. The molecule has 0 radical (unpaired) electrons. The van der Waals surface area contributed by atoms with Crippen molar-refractivity contribution in [3.05, 3.63) is 63.0 Å². The number of nitrogens with one attached hydrogen (secondary N) is 1. The fourth-order valence-electron chi connectivity index (χ4n) is 2.65. The standard InChI is InChI=1S/C20H19N3O4S/c1-4-27-15(24)10-7-13-5-8-14(9-6-13)22-18(25)17-12(2)16-19(28-17)21-11-23(3)20(16)26/h5-11H,4H2,1-3H3,(H,22,25)/b10-7+. The van der Waals surface area contributed by atoms with Crippen LogP contribution in [0.1, 0.15) is 27.7 Å². The lowest BCUT2D eigenvalue weighted by molar-refractivity contribution is -0.137. The minimum absolute atomic E-state index is 0.171. The number of carbonyl (C=O) groups excluding carboxylic acids is 2. The van der Waals surface area contributed by atoms with Crippen LogP contribution in [0.2, 0.25) is 0 Å². The number of amides is 1. The van der Waals surface area contributed by atoms with Crippen molar-refractivity contribution in [3.63, 3.8) is 0 Å². The third-order valence-electron chi connectivity index (χ3n) is 4.08. The molecule has 0 saturated carbocycles. The SMILES string of the molecule is CCOC(=O)/C=C/c1ccc(NC(=O)c2sc3ncn(C)c(=O)c3c2C)cc1. The van der Waals surface area contributed by atoms with Gasteiger partial charge in [-0.1, -0.05) is 12.1 Å². The molecule has 3 rings (SSSR count). The van der Waals surface area contributed by atoms with Gasteiger partial charge in [0.1, 0.15) is 4.83 Å². The molecule has 0 aliphatic heterocycles. The number of esters is 1. The number of aromatic nitrogens is 2. The maximum Gasteiger partial charge on any atom is 0.330 e. The second kappa shape index (κ2) is 8.18. The Bertz CT molecular complexity index is 1130. The number of anilines is 1.